The van der Waals surface area contributed by atoms with E-state index >= 15 is 0 Å². The van der Waals surface area contributed by atoms with Gasteiger partial charge in [-0.05, 0) is 6.92 Å². The largest absolute Gasteiger partial charge is 0.330 e. The first-order valence-corrected chi connectivity index (χ1v) is 7.77. The van der Waals surface area contributed by atoms with Gasteiger partial charge in [0.1, 0.15) is 9.84 Å². The zero-order valence-corrected chi connectivity index (χ0v) is 11.7. The van der Waals surface area contributed by atoms with E-state index in [9.17, 15) is 8.42 Å². The van der Waals surface area contributed by atoms with Gasteiger partial charge in [-0.3, -0.25) is 0 Å². The van der Waals surface area contributed by atoms with E-state index in [1.807, 2.05) is 11.5 Å². The van der Waals surface area contributed by atoms with Crippen LogP contribution in [0.4, 0.5) is 0 Å². The molecule has 0 saturated heterocycles. The van der Waals surface area contributed by atoms with E-state index in [4.69, 9.17) is 0 Å². The fourth-order valence-corrected chi connectivity index (χ4v) is 2.73. The number of nitrogens with zero attached hydrogens (tertiary/aromatic N) is 2. The lowest BCUT2D eigenvalue weighted by Gasteiger charge is -2.16. The minimum atomic E-state index is -2.97. The summed E-state index contributed by atoms with van der Waals surface area (Å²) >= 11 is 0. The number of nitrogens with one attached hydrogen (secondary N) is 1. The van der Waals surface area contributed by atoms with Crippen LogP contribution in [0.25, 0.3) is 0 Å². The number of aromatic nitrogens is 2. The third kappa shape index (κ3) is 4.87. The second-order valence-electron chi connectivity index (χ2n) is 4.77. The van der Waals surface area contributed by atoms with Gasteiger partial charge in [0.25, 0.3) is 0 Å². The van der Waals surface area contributed by atoms with Crippen molar-refractivity contribution in [3.8, 4) is 0 Å². The topological polar surface area (TPSA) is 64.0 Å². The molecule has 0 aromatic carbocycles. The maximum atomic E-state index is 11.3. The van der Waals surface area contributed by atoms with Crippen LogP contribution in [0.5, 0.6) is 0 Å². The number of sulfone groups is 1. The number of hydrogen-bond acceptors (Lipinski definition) is 4. The Bertz CT molecular complexity index is 451. The summed E-state index contributed by atoms with van der Waals surface area (Å²) in [5, 5.41) is 3.30. The first kappa shape index (κ1) is 14.2. The van der Waals surface area contributed by atoms with E-state index in [-0.39, 0.29) is 11.8 Å². The Labute approximate surface area is 103 Å². The normalized spacial score (nSPS) is 14.2. The average molecular weight is 259 g/mol. The maximum absolute atomic E-state index is 11.3. The molecule has 1 atom stereocenters. The van der Waals surface area contributed by atoms with E-state index in [0.29, 0.717) is 12.6 Å². The van der Waals surface area contributed by atoms with Crippen molar-refractivity contribution < 1.29 is 8.42 Å². The minimum Gasteiger partial charge on any atom is -0.330 e. The van der Waals surface area contributed by atoms with Gasteiger partial charge in [0.05, 0.1) is 17.8 Å². The number of rotatable bonds is 6. The molecule has 0 spiro atoms. The van der Waals surface area contributed by atoms with Gasteiger partial charge >= 0.3 is 0 Å². The molecule has 0 saturated carbocycles. The lowest BCUT2D eigenvalue weighted by Crippen LogP contribution is -2.25. The molecule has 6 heteroatoms. The molecule has 1 heterocycles. The second kappa shape index (κ2) is 5.64. The van der Waals surface area contributed by atoms with Crippen molar-refractivity contribution in [3.05, 3.63) is 18.2 Å². The van der Waals surface area contributed by atoms with Crippen LogP contribution in [0.1, 0.15) is 32.5 Å². The van der Waals surface area contributed by atoms with Gasteiger partial charge in [-0.15, -0.1) is 0 Å². The van der Waals surface area contributed by atoms with Crippen LogP contribution in [-0.2, 0) is 16.4 Å². The Morgan fingerprint density at radius 3 is 2.59 bits per heavy atom. The standard InChI is InChI=1S/C11H21N3O2S/c1-9(2)13-6-11-5-12-8-14(11)10(3)7-17(4,15)16/h5,8-10,13H,6-7H2,1-4H3. The van der Waals surface area contributed by atoms with Gasteiger partial charge in [-0.25, -0.2) is 13.4 Å². The highest BCUT2D eigenvalue weighted by atomic mass is 32.2. The fraction of sp³-hybridized carbons (Fsp3) is 0.727. The first-order valence-electron chi connectivity index (χ1n) is 5.71. The van der Waals surface area contributed by atoms with Crippen molar-refractivity contribution >= 4 is 9.84 Å². The van der Waals surface area contributed by atoms with Crippen LogP contribution < -0.4 is 5.32 Å². The molecule has 1 N–H and O–H groups in total. The molecule has 0 aliphatic rings. The zero-order valence-electron chi connectivity index (χ0n) is 10.8. The predicted molar refractivity (Wildman–Crippen MR) is 68.6 cm³/mol. The molecular formula is C11H21N3O2S. The highest BCUT2D eigenvalue weighted by molar-refractivity contribution is 7.90. The molecule has 0 aliphatic carbocycles. The first-order chi connectivity index (χ1) is 7.79. The van der Waals surface area contributed by atoms with Crippen LogP contribution >= 0.6 is 0 Å². The molecule has 1 rings (SSSR count). The van der Waals surface area contributed by atoms with Crippen molar-refractivity contribution in [2.75, 3.05) is 12.0 Å². The summed E-state index contributed by atoms with van der Waals surface area (Å²) in [6, 6.07) is 0.306. The molecule has 17 heavy (non-hydrogen) atoms. The molecule has 0 radical (unpaired) electrons. The van der Waals surface area contributed by atoms with Gasteiger partial charge in [-0.1, -0.05) is 13.8 Å². The second-order valence-corrected chi connectivity index (χ2v) is 6.95. The number of hydrogen-bond donors (Lipinski definition) is 1. The fourth-order valence-electron chi connectivity index (χ4n) is 1.69. The van der Waals surface area contributed by atoms with Crippen molar-refractivity contribution in [2.45, 2.75) is 39.4 Å². The summed E-state index contributed by atoms with van der Waals surface area (Å²) < 4.78 is 24.4. The summed E-state index contributed by atoms with van der Waals surface area (Å²) in [6.07, 6.45) is 4.72. The Kier molecular flexibility index (Phi) is 4.70. The van der Waals surface area contributed by atoms with E-state index in [1.54, 1.807) is 12.5 Å². The molecule has 5 nitrogen and oxygen atoms in total. The van der Waals surface area contributed by atoms with Gasteiger partial charge in [0, 0.05) is 31.1 Å². The molecule has 0 amide bonds. The molecule has 1 aromatic heterocycles. The summed E-state index contributed by atoms with van der Waals surface area (Å²) in [7, 11) is -2.97. The van der Waals surface area contributed by atoms with Crippen LogP contribution in [0.3, 0.4) is 0 Å². The minimum absolute atomic E-state index is 0.0866. The van der Waals surface area contributed by atoms with E-state index in [1.165, 1.54) is 6.26 Å². The Morgan fingerprint density at radius 2 is 2.06 bits per heavy atom. The number of imidazole rings is 1. The zero-order chi connectivity index (χ0) is 13.1. The van der Waals surface area contributed by atoms with Gasteiger partial charge in [0.2, 0.25) is 0 Å². The summed E-state index contributed by atoms with van der Waals surface area (Å²) in [6.45, 7) is 6.73. The van der Waals surface area contributed by atoms with E-state index < -0.39 is 9.84 Å². The summed E-state index contributed by atoms with van der Waals surface area (Å²) in [5.41, 5.74) is 1.01. The molecule has 0 bridgehead atoms. The third-order valence-corrected chi connectivity index (χ3v) is 3.54. The van der Waals surface area contributed by atoms with Crippen molar-refractivity contribution in [1.29, 1.82) is 0 Å². The van der Waals surface area contributed by atoms with Crippen molar-refractivity contribution in [2.24, 2.45) is 0 Å². The highest BCUT2D eigenvalue weighted by Crippen LogP contribution is 2.12. The van der Waals surface area contributed by atoms with Crippen molar-refractivity contribution in [1.82, 2.24) is 14.9 Å². The Balaban J connectivity index is 2.74. The van der Waals surface area contributed by atoms with Gasteiger partial charge in [0.15, 0.2) is 0 Å². The molecule has 98 valence electrons. The van der Waals surface area contributed by atoms with E-state index in [2.05, 4.69) is 24.1 Å². The Morgan fingerprint density at radius 1 is 1.41 bits per heavy atom. The van der Waals surface area contributed by atoms with Gasteiger partial charge in [-0.2, -0.15) is 0 Å². The summed E-state index contributed by atoms with van der Waals surface area (Å²) in [4.78, 5) is 4.08. The smallest absolute Gasteiger partial charge is 0.149 e. The highest BCUT2D eigenvalue weighted by Gasteiger charge is 2.14. The monoisotopic (exact) mass is 259 g/mol. The molecular weight excluding hydrogens is 238 g/mol. The van der Waals surface area contributed by atoms with Crippen LogP contribution in [-0.4, -0.2) is 36.0 Å². The predicted octanol–water partition coefficient (Wildman–Crippen LogP) is 0.987. The Hall–Kier alpha value is -0.880. The molecule has 0 aliphatic heterocycles. The van der Waals surface area contributed by atoms with Crippen molar-refractivity contribution in [3.63, 3.8) is 0 Å². The lowest BCUT2D eigenvalue weighted by molar-refractivity contribution is 0.518. The van der Waals surface area contributed by atoms with E-state index in [0.717, 1.165) is 5.69 Å². The SMILES string of the molecule is CC(C)NCc1cncn1C(C)CS(C)(=O)=O. The quantitative estimate of drug-likeness (QED) is 0.827. The molecule has 1 aromatic rings. The summed E-state index contributed by atoms with van der Waals surface area (Å²) in [5.74, 6) is 0.137. The van der Waals surface area contributed by atoms with Crippen LogP contribution in [0.15, 0.2) is 12.5 Å². The third-order valence-electron chi connectivity index (χ3n) is 2.46. The van der Waals surface area contributed by atoms with Crippen LogP contribution in [0, 0.1) is 0 Å². The molecule has 1 unspecified atom stereocenters. The average Bonchev–Trinajstić information content (AvgIpc) is 2.59. The maximum Gasteiger partial charge on any atom is 0.149 e. The lowest BCUT2D eigenvalue weighted by atomic mass is 10.3. The molecule has 0 fully saturated rings. The van der Waals surface area contributed by atoms with Crippen LogP contribution in [0.2, 0.25) is 0 Å². The van der Waals surface area contributed by atoms with Gasteiger partial charge < -0.3 is 9.88 Å².